The summed E-state index contributed by atoms with van der Waals surface area (Å²) in [5.41, 5.74) is -2.76. The number of fused-ring (bicyclic) bond motifs is 1. The van der Waals surface area contributed by atoms with E-state index in [9.17, 15) is 19.2 Å². The van der Waals surface area contributed by atoms with E-state index in [2.05, 4.69) is 4.98 Å². The fraction of sp³-hybridized carbons (Fsp3) is 0.531. The van der Waals surface area contributed by atoms with Crippen LogP contribution in [0.4, 0.5) is 0 Å². The van der Waals surface area contributed by atoms with E-state index in [-0.39, 0.29) is 24.0 Å². The Kier molecular flexibility index (Phi) is 7.87. The first-order valence-electron chi connectivity index (χ1n) is 14.3. The minimum atomic E-state index is -1.41. The lowest BCUT2D eigenvalue weighted by Gasteiger charge is -2.61. The van der Waals surface area contributed by atoms with Crippen LogP contribution in [0.2, 0.25) is 0 Å². The van der Waals surface area contributed by atoms with Gasteiger partial charge >= 0.3 is 23.9 Å². The molecule has 3 fully saturated rings. The van der Waals surface area contributed by atoms with Crippen molar-refractivity contribution < 1.29 is 42.9 Å². The molecule has 0 radical (unpaired) electrons. The van der Waals surface area contributed by atoms with Crippen LogP contribution in [0.15, 0.2) is 54.9 Å². The number of ether oxygens (including phenoxy) is 5. The summed E-state index contributed by atoms with van der Waals surface area (Å²) in [6, 6.07) is 11.7. The summed E-state index contributed by atoms with van der Waals surface area (Å²) in [6.45, 7) is 8.16. The molecule has 10 nitrogen and oxygen atoms in total. The van der Waals surface area contributed by atoms with Gasteiger partial charge < -0.3 is 23.7 Å². The lowest BCUT2D eigenvalue weighted by atomic mass is 9.49. The highest BCUT2D eigenvalue weighted by molar-refractivity contribution is 5.90. The van der Waals surface area contributed by atoms with E-state index in [4.69, 9.17) is 23.7 Å². The van der Waals surface area contributed by atoms with Crippen LogP contribution in [0.3, 0.4) is 0 Å². The maximum Gasteiger partial charge on any atom is 0.340 e. The number of nitrogens with zero attached hydrogens (tertiary/aromatic N) is 1. The molecule has 0 unspecified atom stereocenters. The minimum absolute atomic E-state index is 0.109. The van der Waals surface area contributed by atoms with Crippen molar-refractivity contribution in [1.29, 1.82) is 0 Å². The third-order valence-corrected chi connectivity index (χ3v) is 9.28. The fourth-order valence-electron chi connectivity index (χ4n) is 7.49. The summed E-state index contributed by atoms with van der Waals surface area (Å²) in [5, 5.41) is 0. The topological polar surface area (TPSA) is 127 Å². The molecule has 2 bridgehead atoms. The van der Waals surface area contributed by atoms with Gasteiger partial charge in [-0.25, -0.2) is 9.59 Å². The molecule has 2 saturated carbocycles. The molecule has 2 aromatic rings. The number of aromatic nitrogens is 1. The zero-order chi connectivity index (χ0) is 30.3. The van der Waals surface area contributed by atoms with Crippen LogP contribution in [0, 0.1) is 17.3 Å². The molecule has 5 rings (SSSR count). The summed E-state index contributed by atoms with van der Waals surface area (Å²) in [5.74, 6) is -2.89. The molecule has 224 valence electrons. The van der Waals surface area contributed by atoms with Gasteiger partial charge in [0.05, 0.1) is 22.3 Å². The first-order valence-corrected chi connectivity index (χ1v) is 14.3. The quantitative estimate of drug-likeness (QED) is 0.346. The van der Waals surface area contributed by atoms with Crippen molar-refractivity contribution in [1.82, 2.24) is 4.98 Å². The molecule has 10 heteroatoms. The van der Waals surface area contributed by atoms with Crippen LogP contribution in [0.5, 0.6) is 0 Å². The predicted octanol–water partition coefficient (Wildman–Crippen LogP) is 4.31. The van der Waals surface area contributed by atoms with Crippen LogP contribution < -0.4 is 0 Å². The Bertz CT molecular complexity index is 1350. The van der Waals surface area contributed by atoms with Crippen LogP contribution in [-0.4, -0.2) is 65.0 Å². The summed E-state index contributed by atoms with van der Waals surface area (Å²) in [6.07, 6.45) is 1.33. The van der Waals surface area contributed by atoms with Crippen molar-refractivity contribution in [2.24, 2.45) is 17.3 Å². The van der Waals surface area contributed by atoms with E-state index >= 15 is 0 Å². The molecule has 3 aliphatic rings. The van der Waals surface area contributed by atoms with E-state index in [1.165, 1.54) is 26.2 Å². The van der Waals surface area contributed by atoms with E-state index < -0.39 is 58.8 Å². The summed E-state index contributed by atoms with van der Waals surface area (Å²) in [7, 11) is 0. The third kappa shape index (κ3) is 4.95. The second-order valence-electron chi connectivity index (χ2n) is 12.1. The molecule has 2 heterocycles. The van der Waals surface area contributed by atoms with Gasteiger partial charge in [-0.1, -0.05) is 25.1 Å². The molecule has 42 heavy (non-hydrogen) atoms. The van der Waals surface area contributed by atoms with Crippen molar-refractivity contribution in [3.05, 3.63) is 66.0 Å². The maximum absolute atomic E-state index is 13.7. The summed E-state index contributed by atoms with van der Waals surface area (Å²) in [4.78, 5) is 56.1. The average molecular weight is 580 g/mol. The van der Waals surface area contributed by atoms with Crippen molar-refractivity contribution in [2.75, 3.05) is 6.61 Å². The van der Waals surface area contributed by atoms with E-state index in [0.29, 0.717) is 24.8 Å². The van der Waals surface area contributed by atoms with Crippen molar-refractivity contribution in [2.45, 2.75) is 83.4 Å². The minimum Gasteiger partial charge on any atom is -0.462 e. The van der Waals surface area contributed by atoms with E-state index in [0.717, 1.165) is 0 Å². The molecule has 1 saturated heterocycles. The Morgan fingerprint density at radius 1 is 0.905 bits per heavy atom. The van der Waals surface area contributed by atoms with Gasteiger partial charge in [-0.2, -0.15) is 0 Å². The number of hydrogen-bond donors (Lipinski definition) is 0. The number of pyridine rings is 1. The Labute approximate surface area is 245 Å². The van der Waals surface area contributed by atoms with E-state index in [1.54, 1.807) is 42.5 Å². The number of carbonyl (C=O) groups is 4. The molecule has 1 spiro atoms. The molecule has 1 aromatic carbocycles. The van der Waals surface area contributed by atoms with Crippen LogP contribution >= 0.6 is 0 Å². The highest BCUT2D eigenvalue weighted by Gasteiger charge is 2.79. The largest absolute Gasteiger partial charge is 0.462 e. The zero-order valence-corrected chi connectivity index (χ0v) is 24.5. The van der Waals surface area contributed by atoms with Gasteiger partial charge in [-0.05, 0) is 63.3 Å². The number of rotatable bonds is 7. The SMILES string of the molecule is CC(=O)O[C@H]1[C@@H]2C[C@]3(OC2(C)C)[C@H](C)CC[C@H](OC(C)=O)[C@@]3(COC(=O)c2ccccc2)[C@H]1OC(=O)c1cccnc1. The van der Waals surface area contributed by atoms with Gasteiger partial charge in [0.15, 0.2) is 6.10 Å². The monoisotopic (exact) mass is 579 g/mol. The predicted molar refractivity (Wildman–Crippen MR) is 148 cm³/mol. The molecule has 0 amide bonds. The third-order valence-electron chi connectivity index (χ3n) is 9.28. The van der Waals surface area contributed by atoms with Gasteiger partial charge in [0.25, 0.3) is 0 Å². The molecular weight excluding hydrogens is 542 g/mol. The number of benzene rings is 1. The Morgan fingerprint density at radius 2 is 1.60 bits per heavy atom. The standard InChI is InChI=1S/C32H37NO9/c1-19-13-14-25(39-20(2)34)31(18-38-28(36)22-10-7-6-8-11-22)27(41-29(37)23-12-9-15-33-17-23)26(40-21(3)35)24-16-32(19,31)42-30(24,4)5/h6-12,15,17,19,24-27H,13-14,16,18H2,1-5H3/t19-,24+,25+,26+,27+,31+,32+/m1/s1. The highest BCUT2D eigenvalue weighted by Crippen LogP contribution is 2.67. The first-order chi connectivity index (χ1) is 19.9. The molecule has 1 aliphatic heterocycles. The normalized spacial score (nSPS) is 32.6. The fourth-order valence-corrected chi connectivity index (χ4v) is 7.49. The van der Waals surface area contributed by atoms with Crippen LogP contribution in [0.1, 0.15) is 74.6 Å². The Hall–Kier alpha value is -3.79. The Morgan fingerprint density at radius 3 is 2.24 bits per heavy atom. The van der Waals surface area contributed by atoms with Gasteiger partial charge in [0, 0.05) is 32.2 Å². The second kappa shape index (κ2) is 11.1. The number of carbonyl (C=O) groups excluding carboxylic acids is 4. The molecule has 1 aromatic heterocycles. The second-order valence-corrected chi connectivity index (χ2v) is 12.1. The molecule has 0 N–H and O–H groups in total. The van der Waals surface area contributed by atoms with Gasteiger partial charge in [0.1, 0.15) is 24.2 Å². The number of esters is 4. The average Bonchev–Trinajstić information content (AvgIpc) is 3.22. The lowest BCUT2D eigenvalue weighted by molar-refractivity contribution is -0.286. The van der Waals surface area contributed by atoms with Gasteiger partial charge in [0.2, 0.25) is 0 Å². The maximum atomic E-state index is 13.7. The first kappa shape index (κ1) is 29.7. The van der Waals surface area contributed by atoms with E-state index in [1.807, 2.05) is 20.8 Å². The van der Waals surface area contributed by atoms with Crippen molar-refractivity contribution in [3.63, 3.8) is 0 Å². The summed E-state index contributed by atoms with van der Waals surface area (Å²) < 4.78 is 31.3. The van der Waals surface area contributed by atoms with Crippen molar-refractivity contribution >= 4 is 23.9 Å². The smallest absolute Gasteiger partial charge is 0.340 e. The van der Waals surface area contributed by atoms with Crippen LogP contribution in [-0.2, 0) is 33.3 Å². The van der Waals surface area contributed by atoms with Crippen LogP contribution in [0.25, 0.3) is 0 Å². The summed E-state index contributed by atoms with van der Waals surface area (Å²) >= 11 is 0. The van der Waals surface area contributed by atoms with Crippen molar-refractivity contribution in [3.8, 4) is 0 Å². The van der Waals surface area contributed by atoms with Gasteiger partial charge in [-0.3, -0.25) is 14.6 Å². The Balaban J connectivity index is 1.70. The highest BCUT2D eigenvalue weighted by atomic mass is 16.6. The van der Waals surface area contributed by atoms with Gasteiger partial charge in [-0.15, -0.1) is 0 Å². The molecular formula is C32H37NO9. The zero-order valence-electron chi connectivity index (χ0n) is 24.5. The number of hydrogen-bond acceptors (Lipinski definition) is 10. The molecule has 7 atom stereocenters. The lowest BCUT2D eigenvalue weighted by Crippen LogP contribution is -2.74. The molecule has 2 aliphatic carbocycles.